The summed E-state index contributed by atoms with van der Waals surface area (Å²) < 4.78 is 16.8. The zero-order chi connectivity index (χ0) is 53.6. The van der Waals surface area contributed by atoms with E-state index in [-0.39, 0.29) is 31.6 Å². The minimum absolute atomic E-state index is 0.106. The minimum atomic E-state index is -0.819. The van der Waals surface area contributed by atoms with Crippen LogP contribution in [0.25, 0.3) is 0 Å². The first kappa shape index (κ1) is 70.8. The third-order valence-corrected chi connectivity index (χ3v) is 14.0. The van der Waals surface area contributed by atoms with Crippen LogP contribution in [0, 0.1) is 0 Å². The van der Waals surface area contributed by atoms with E-state index in [2.05, 4.69) is 81.5 Å². The maximum atomic E-state index is 12.9. The molecule has 0 saturated carbocycles. The molecule has 0 amide bonds. The Hall–Kier alpha value is -3.15. The van der Waals surface area contributed by atoms with Crippen LogP contribution in [0.3, 0.4) is 0 Å². The Morgan fingerprint density at radius 3 is 0.932 bits per heavy atom. The fourth-order valence-corrected chi connectivity index (χ4v) is 9.22. The van der Waals surface area contributed by atoms with Gasteiger partial charge >= 0.3 is 17.9 Å². The summed E-state index contributed by atoms with van der Waals surface area (Å²) in [5.74, 6) is -1.03. The van der Waals surface area contributed by atoms with Gasteiger partial charge in [-0.2, -0.15) is 0 Å². The third-order valence-electron chi connectivity index (χ3n) is 14.0. The summed E-state index contributed by atoms with van der Waals surface area (Å²) >= 11 is 0. The van der Waals surface area contributed by atoms with Crippen molar-refractivity contribution >= 4 is 17.9 Å². The molecule has 0 aliphatic carbocycles. The molecule has 0 N–H and O–H groups in total. The van der Waals surface area contributed by atoms with Crippen molar-refractivity contribution in [1.82, 2.24) is 0 Å². The topological polar surface area (TPSA) is 78.9 Å². The number of hydrogen-bond donors (Lipinski definition) is 0. The van der Waals surface area contributed by atoms with Crippen LogP contribution in [0.5, 0.6) is 0 Å². The van der Waals surface area contributed by atoms with Crippen LogP contribution in [0.15, 0.2) is 72.9 Å². The van der Waals surface area contributed by atoms with Gasteiger partial charge in [-0.05, 0) is 70.6 Å². The van der Waals surface area contributed by atoms with Gasteiger partial charge in [0.2, 0.25) is 0 Å². The fraction of sp³-hybridized carbons (Fsp3) is 0.779. The molecule has 0 rings (SSSR count). The predicted molar refractivity (Wildman–Crippen MR) is 321 cm³/mol. The lowest BCUT2D eigenvalue weighted by Gasteiger charge is -2.18. The van der Waals surface area contributed by atoms with E-state index in [1.165, 1.54) is 199 Å². The summed E-state index contributed by atoms with van der Waals surface area (Å²) in [4.78, 5) is 38.2. The van der Waals surface area contributed by atoms with Gasteiger partial charge in [-0.3, -0.25) is 14.4 Å². The van der Waals surface area contributed by atoms with Crippen LogP contribution in [0.1, 0.15) is 323 Å². The van der Waals surface area contributed by atoms with Gasteiger partial charge in [0.1, 0.15) is 13.2 Å². The molecule has 0 aromatic carbocycles. The number of unbranched alkanes of at least 4 members (excludes halogenated alkanes) is 36. The second-order valence-electron chi connectivity index (χ2n) is 21.3. The number of rotatable bonds is 58. The monoisotopic (exact) mass is 1030 g/mol. The molecular weight excluding hydrogens is 913 g/mol. The quantitative estimate of drug-likeness (QED) is 0.0261. The Morgan fingerprint density at radius 2 is 0.581 bits per heavy atom. The molecule has 0 heterocycles. The van der Waals surface area contributed by atoms with Crippen LogP contribution in [0.4, 0.5) is 0 Å². The highest BCUT2D eigenvalue weighted by Crippen LogP contribution is 2.17. The van der Waals surface area contributed by atoms with Crippen molar-refractivity contribution in [1.29, 1.82) is 0 Å². The zero-order valence-corrected chi connectivity index (χ0v) is 49.1. The van der Waals surface area contributed by atoms with Gasteiger partial charge in [-0.25, -0.2) is 0 Å². The SMILES string of the molecule is CC/C=C\C/C=C\C/C=C\C/C=C\C/C=C\CC(=O)OCC(COC(=O)CCCCCCCCCCCCCCCCCCCCCCCCCCC)OC(=O)CCCCCCC/C=C\CCCCCCCCC. The molecule has 6 heteroatoms. The molecule has 1 unspecified atom stereocenters. The van der Waals surface area contributed by atoms with E-state index in [4.69, 9.17) is 14.2 Å². The van der Waals surface area contributed by atoms with Crippen LogP contribution >= 0.6 is 0 Å². The molecular formula is C68H120O6. The molecule has 0 aromatic heterocycles. The lowest BCUT2D eigenvalue weighted by molar-refractivity contribution is -0.166. The Morgan fingerprint density at radius 1 is 0.297 bits per heavy atom. The van der Waals surface area contributed by atoms with E-state index in [9.17, 15) is 14.4 Å². The maximum absolute atomic E-state index is 12.9. The van der Waals surface area contributed by atoms with E-state index in [0.29, 0.717) is 12.8 Å². The van der Waals surface area contributed by atoms with E-state index in [1.807, 2.05) is 6.08 Å². The van der Waals surface area contributed by atoms with E-state index >= 15 is 0 Å². The molecule has 0 saturated heterocycles. The van der Waals surface area contributed by atoms with Gasteiger partial charge in [0.25, 0.3) is 0 Å². The second kappa shape index (κ2) is 62.4. The second-order valence-corrected chi connectivity index (χ2v) is 21.3. The lowest BCUT2D eigenvalue weighted by Crippen LogP contribution is -2.30. The summed E-state index contributed by atoms with van der Waals surface area (Å²) in [5.41, 5.74) is 0. The number of hydrogen-bond acceptors (Lipinski definition) is 6. The smallest absolute Gasteiger partial charge is 0.309 e. The maximum Gasteiger partial charge on any atom is 0.309 e. The van der Waals surface area contributed by atoms with E-state index < -0.39 is 12.1 Å². The number of carbonyl (C=O) groups excluding carboxylic acids is 3. The summed E-state index contributed by atoms with van der Waals surface area (Å²) in [6.07, 6.45) is 80.9. The molecule has 428 valence electrons. The molecule has 0 aromatic rings. The molecule has 1 atom stereocenters. The first-order valence-corrected chi connectivity index (χ1v) is 31.9. The van der Waals surface area contributed by atoms with Crippen molar-refractivity contribution < 1.29 is 28.6 Å². The predicted octanol–water partition coefficient (Wildman–Crippen LogP) is 21.7. The fourth-order valence-electron chi connectivity index (χ4n) is 9.22. The van der Waals surface area contributed by atoms with Gasteiger partial charge in [-0.1, -0.05) is 306 Å². The largest absolute Gasteiger partial charge is 0.462 e. The summed E-state index contributed by atoms with van der Waals surface area (Å²) in [5, 5.41) is 0. The molecule has 0 fully saturated rings. The minimum Gasteiger partial charge on any atom is -0.462 e. The number of esters is 3. The van der Waals surface area contributed by atoms with Crippen LogP contribution in [-0.4, -0.2) is 37.2 Å². The lowest BCUT2D eigenvalue weighted by atomic mass is 10.0. The standard InChI is InChI=1S/C68H120O6/c1-4-7-10-13-16-19-22-25-28-30-31-32-33-34-35-36-37-38-41-43-46-49-52-55-58-61-67(70)73-64-65(63-72-66(69)60-57-54-51-48-45-42-39-27-24-21-18-15-12-9-6-3)74-68(71)62-59-56-53-50-47-44-40-29-26-23-20-17-14-11-8-5-2/h9,12,18,21,27,29,39-40,45,48,54,57,65H,4-8,10-11,13-17,19-20,22-26,28,30-38,41-44,46-47,49-53,55-56,58-64H2,1-3H3/b12-9-,21-18-,39-27-,40-29-,48-45-,57-54-. The van der Waals surface area contributed by atoms with Crippen molar-refractivity contribution in [3.05, 3.63) is 72.9 Å². The highest BCUT2D eigenvalue weighted by Gasteiger charge is 2.19. The molecule has 0 aliphatic heterocycles. The highest BCUT2D eigenvalue weighted by molar-refractivity contribution is 5.72. The Bertz CT molecular complexity index is 1370. The number of ether oxygens (including phenoxy) is 3. The van der Waals surface area contributed by atoms with Crippen molar-refractivity contribution in [3.63, 3.8) is 0 Å². The molecule has 6 nitrogen and oxygen atoms in total. The molecule has 0 spiro atoms. The number of allylic oxidation sites excluding steroid dienone is 11. The normalized spacial score (nSPS) is 12.5. The number of carbonyl (C=O) groups is 3. The van der Waals surface area contributed by atoms with Crippen molar-refractivity contribution in [2.24, 2.45) is 0 Å². The van der Waals surface area contributed by atoms with Crippen LogP contribution < -0.4 is 0 Å². The van der Waals surface area contributed by atoms with Crippen molar-refractivity contribution in [2.45, 2.75) is 329 Å². The third kappa shape index (κ3) is 59.7. The summed E-state index contributed by atoms with van der Waals surface area (Å²) in [7, 11) is 0. The molecule has 0 bridgehead atoms. The van der Waals surface area contributed by atoms with Crippen molar-refractivity contribution in [3.8, 4) is 0 Å². The Balaban J connectivity index is 4.34. The zero-order valence-electron chi connectivity index (χ0n) is 49.1. The average molecular weight is 1030 g/mol. The summed E-state index contributed by atoms with van der Waals surface area (Å²) in [6.45, 7) is 6.47. The van der Waals surface area contributed by atoms with E-state index in [1.54, 1.807) is 6.08 Å². The van der Waals surface area contributed by atoms with Crippen molar-refractivity contribution in [2.75, 3.05) is 13.2 Å². The average Bonchev–Trinajstić information content (AvgIpc) is 3.40. The Labute approximate surface area is 459 Å². The van der Waals surface area contributed by atoms with Gasteiger partial charge in [-0.15, -0.1) is 0 Å². The van der Waals surface area contributed by atoms with Gasteiger partial charge in [0.15, 0.2) is 6.10 Å². The molecule has 0 aliphatic rings. The van der Waals surface area contributed by atoms with Gasteiger partial charge < -0.3 is 14.2 Å². The highest BCUT2D eigenvalue weighted by atomic mass is 16.6. The summed E-state index contributed by atoms with van der Waals surface area (Å²) in [6, 6.07) is 0. The van der Waals surface area contributed by atoms with Crippen LogP contribution in [-0.2, 0) is 28.6 Å². The van der Waals surface area contributed by atoms with Crippen LogP contribution in [0.2, 0.25) is 0 Å². The van der Waals surface area contributed by atoms with Gasteiger partial charge in [0.05, 0.1) is 6.42 Å². The first-order chi connectivity index (χ1) is 36.5. The van der Waals surface area contributed by atoms with E-state index in [0.717, 1.165) is 83.5 Å². The first-order valence-electron chi connectivity index (χ1n) is 31.9. The molecule has 74 heavy (non-hydrogen) atoms. The Kier molecular flexibility index (Phi) is 59.7. The van der Waals surface area contributed by atoms with Gasteiger partial charge in [0, 0.05) is 12.8 Å². The molecule has 0 radical (unpaired) electrons.